The molecule has 0 aromatic rings. The quantitative estimate of drug-likeness (QED) is 0.408. The Balaban J connectivity index is 3.08. The summed E-state index contributed by atoms with van der Waals surface area (Å²) in [5.41, 5.74) is 0. The summed E-state index contributed by atoms with van der Waals surface area (Å²) in [4.78, 5) is 11.2. The van der Waals surface area contributed by atoms with Crippen molar-refractivity contribution in [2.24, 2.45) is 0 Å². The molecular weight excluding hydrogens is 220 g/mol. The van der Waals surface area contributed by atoms with E-state index in [-0.39, 0.29) is 19.2 Å². The van der Waals surface area contributed by atoms with Crippen molar-refractivity contribution < 1.29 is 19.7 Å². The highest BCUT2D eigenvalue weighted by molar-refractivity contribution is 5.69. The minimum atomic E-state index is -0.154. The third-order valence-electron chi connectivity index (χ3n) is 2.60. The maximum Gasteiger partial charge on any atom is 0.305 e. The Labute approximate surface area is 104 Å². The average Bonchev–Trinajstić information content (AvgIpc) is 2.33. The molecular formula is C13H26O4. The first-order valence-corrected chi connectivity index (χ1v) is 6.68. The summed E-state index contributed by atoms with van der Waals surface area (Å²) in [7, 11) is 0. The first kappa shape index (κ1) is 16.4. The van der Waals surface area contributed by atoms with Crippen molar-refractivity contribution in [2.45, 2.75) is 57.8 Å². The van der Waals surface area contributed by atoms with Crippen LogP contribution in [-0.4, -0.2) is 36.0 Å². The molecule has 0 aliphatic carbocycles. The lowest BCUT2D eigenvalue weighted by molar-refractivity contribution is -0.143. The van der Waals surface area contributed by atoms with Gasteiger partial charge in [0.15, 0.2) is 0 Å². The van der Waals surface area contributed by atoms with Gasteiger partial charge in [-0.1, -0.05) is 25.7 Å². The standard InChI is InChI=1S/C13H26O4/c14-10-6-3-1-2-4-8-12-17-13(16)9-5-7-11-15/h14-15H,1-12H2. The van der Waals surface area contributed by atoms with E-state index in [2.05, 4.69) is 0 Å². The van der Waals surface area contributed by atoms with Gasteiger partial charge in [0.1, 0.15) is 0 Å². The summed E-state index contributed by atoms with van der Waals surface area (Å²) in [6.07, 6.45) is 8.04. The molecule has 0 aromatic heterocycles. The fraction of sp³-hybridized carbons (Fsp3) is 0.923. The molecule has 102 valence electrons. The van der Waals surface area contributed by atoms with Crippen LogP contribution in [0.1, 0.15) is 57.8 Å². The average molecular weight is 246 g/mol. The van der Waals surface area contributed by atoms with Gasteiger partial charge in [-0.3, -0.25) is 4.79 Å². The molecule has 0 radical (unpaired) electrons. The van der Waals surface area contributed by atoms with Crippen molar-refractivity contribution in [2.75, 3.05) is 19.8 Å². The molecule has 0 heterocycles. The van der Waals surface area contributed by atoms with Crippen LogP contribution in [0.15, 0.2) is 0 Å². The van der Waals surface area contributed by atoms with Crippen molar-refractivity contribution in [3.63, 3.8) is 0 Å². The molecule has 0 saturated carbocycles. The molecule has 0 unspecified atom stereocenters. The van der Waals surface area contributed by atoms with E-state index in [1.807, 2.05) is 0 Å². The minimum Gasteiger partial charge on any atom is -0.466 e. The van der Waals surface area contributed by atoms with E-state index in [0.29, 0.717) is 25.9 Å². The van der Waals surface area contributed by atoms with Crippen LogP contribution in [-0.2, 0) is 9.53 Å². The number of aliphatic hydroxyl groups excluding tert-OH is 2. The second-order valence-corrected chi connectivity index (χ2v) is 4.25. The van der Waals surface area contributed by atoms with Crippen LogP contribution in [0, 0.1) is 0 Å². The van der Waals surface area contributed by atoms with E-state index in [1.165, 1.54) is 0 Å². The Morgan fingerprint density at radius 3 is 1.94 bits per heavy atom. The molecule has 0 aromatic carbocycles. The Bertz CT molecular complexity index is 171. The molecule has 0 aliphatic rings. The fourth-order valence-corrected chi connectivity index (χ4v) is 1.56. The summed E-state index contributed by atoms with van der Waals surface area (Å²) < 4.78 is 5.06. The minimum absolute atomic E-state index is 0.140. The summed E-state index contributed by atoms with van der Waals surface area (Å²) >= 11 is 0. The number of rotatable bonds is 12. The molecule has 0 atom stereocenters. The number of carbonyl (C=O) groups excluding carboxylic acids is 1. The number of unbranched alkanes of at least 4 members (excludes halogenated alkanes) is 6. The summed E-state index contributed by atoms with van der Waals surface area (Å²) in [5.74, 6) is -0.154. The Morgan fingerprint density at radius 1 is 0.765 bits per heavy atom. The van der Waals surface area contributed by atoms with Crippen molar-refractivity contribution in [1.29, 1.82) is 0 Å². The van der Waals surface area contributed by atoms with E-state index in [0.717, 1.165) is 38.5 Å². The number of hydrogen-bond acceptors (Lipinski definition) is 4. The van der Waals surface area contributed by atoms with Crippen molar-refractivity contribution >= 4 is 5.97 Å². The Hall–Kier alpha value is -0.610. The SMILES string of the molecule is O=C(CCCCO)OCCCCCCCCO. The lowest BCUT2D eigenvalue weighted by Crippen LogP contribution is -2.05. The van der Waals surface area contributed by atoms with Crippen LogP contribution in [0.2, 0.25) is 0 Å². The first-order valence-electron chi connectivity index (χ1n) is 6.68. The Morgan fingerprint density at radius 2 is 1.29 bits per heavy atom. The fourth-order valence-electron chi connectivity index (χ4n) is 1.56. The molecule has 0 bridgehead atoms. The van der Waals surface area contributed by atoms with E-state index in [9.17, 15) is 4.79 Å². The van der Waals surface area contributed by atoms with Gasteiger partial charge in [-0.05, 0) is 25.7 Å². The van der Waals surface area contributed by atoms with Gasteiger partial charge in [-0.2, -0.15) is 0 Å². The van der Waals surface area contributed by atoms with Gasteiger partial charge in [0.25, 0.3) is 0 Å². The summed E-state index contributed by atoms with van der Waals surface area (Å²) in [6, 6.07) is 0. The predicted octanol–water partition coefficient (Wildman–Crippen LogP) is 2.03. The van der Waals surface area contributed by atoms with Crippen molar-refractivity contribution in [3.8, 4) is 0 Å². The maximum atomic E-state index is 11.2. The first-order chi connectivity index (χ1) is 8.31. The van der Waals surface area contributed by atoms with Crippen LogP contribution in [0.25, 0.3) is 0 Å². The second kappa shape index (κ2) is 13.5. The number of ether oxygens (including phenoxy) is 1. The van der Waals surface area contributed by atoms with Crippen LogP contribution < -0.4 is 0 Å². The van der Waals surface area contributed by atoms with Crippen LogP contribution >= 0.6 is 0 Å². The molecule has 0 aliphatic heterocycles. The largest absolute Gasteiger partial charge is 0.466 e. The van der Waals surface area contributed by atoms with Crippen LogP contribution in [0.3, 0.4) is 0 Å². The van der Waals surface area contributed by atoms with E-state index < -0.39 is 0 Å². The highest BCUT2D eigenvalue weighted by Gasteiger charge is 2.01. The van der Waals surface area contributed by atoms with E-state index in [1.54, 1.807) is 0 Å². The number of esters is 1. The van der Waals surface area contributed by atoms with Gasteiger partial charge >= 0.3 is 5.97 Å². The monoisotopic (exact) mass is 246 g/mol. The topological polar surface area (TPSA) is 66.8 Å². The van der Waals surface area contributed by atoms with Gasteiger partial charge < -0.3 is 14.9 Å². The predicted molar refractivity (Wildman–Crippen MR) is 66.7 cm³/mol. The van der Waals surface area contributed by atoms with Crippen LogP contribution in [0.5, 0.6) is 0 Å². The van der Waals surface area contributed by atoms with Gasteiger partial charge in [0.05, 0.1) is 6.61 Å². The highest BCUT2D eigenvalue weighted by atomic mass is 16.5. The maximum absolute atomic E-state index is 11.2. The molecule has 2 N–H and O–H groups in total. The highest BCUT2D eigenvalue weighted by Crippen LogP contribution is 2.05. The van der Waals surface area contributed by atoms with Crippen LogP contribution in [0.4, 0.5) is 0 Å². The summed E-state index contributed by atoms with van der Waals surface area (Å²) in [5, 5.41) is 17.1. The molecule has 0 spiro atoms. The molecule has 4 heteroatoms. The molecule has 4 nitrogen and oxygen atoms in total. The van der Waals surface area contributed by atoms with Crippen molar-refractivity contribution in [3.05, 3.63) is 0 Å². The van der Waals surface area contributed by atoms with E-state index >= 15 is 0 Å². The molecule has 0 fully saturated rings. The zero-order valence-electron chi connectivity index (χ0n) is 10.7. The molecule has 0 rings (SSSR count). The van der Waals surface area contributed by atoms with Crippen molar-refractivity contribution in [1.82, 2.24) is 0 Å². The molecule has 17 heavy (non-hydrogen) atoms. The third kappa shape index (κ3) is 13.3. The smallest absolute Gasteiger partial charge is 0.305 e. The zero-order valence-corrected chi connectivity index (χ0v) is 10.7. The zero-order chi connectivity index (χ0) is 12.8. The normalized spacial score (nSPS) is 10.5. The number of carbonyl (C=O) groups is 1. The molecule has 0 amide bonds. The van der Waals surface area contributed by atoms with Gasteiger partial charge in [-0.15, -0.1) is 0 Å². The Kier molecular flexibility index (Phi) is 13.0. The summed E-state index contributed by atoms with van der Waals surface area (Å²) in [6.45, 7) is 0.935. The second-order valence-electron chi connectivity index (χ2n) is 4.25. The lowest BCUT2D eigenvalue weighted by atomic mass is 10.1. The van der Waals surface area contributed by atoms with Gasteiger partial charge in [-0.25, -0.2) is 0 Å². The number of hydrogen-bond donors (Lipinski definition) is 2. The third-order valence-corrected chi connectivity index (χ3v) is 2.60. The van der Waals surface area contributed by atoms with Gasteiger partial charge in [0, 0.05) is 19.6 Å². The number of aliphatic hydroxyl groups is 2. The molecule has 0 saturated heterocycles. The van der Waals surface area contributed by atoms with E-state index in [4.69, 9.17) is 14.9 Å². The van der Waals surface area contributed by atoms with Gasteiger partial charge in [0.2, 0.25) is 0 Å². The lowest BCUT2D eigenvalue weighted by Gasteiger charge is -2.04.